The Kier molecular flexibility index (Phi) is 2.20. The van der Waals surface area contributed by atoms with Crippen LogP contribution in [0.25, 0.3) is 10.9 Å². The third kappa shape index (κ3) is 1.54. The average molecular weight is 240 g/mol. The van der Waals surface area contributed by atoms with Crippen LogP contribution in [0.2, 0.25) is 0 Å². The van der Waals surface area contributed by atoms with Crippen LogP contribution in [0.3, 0.4) is 0 Å². The molecule has 2 rings (SSSR count). The van der Waals surface area contributed by atoms with Crippen molar-refractivity contribution in [2.24, 2.45) is 0 Å². The molecule has 0 radical (unpaired) electrons. The predicted molar refractivity (Wildman–Crippen MR) is 56.9 cm³/mol. The van der Waals surface area contributed by atoms with Crippen LogP contribution in [0.1, 0.15) is 10.4 Å². The van der Waals surface area contributed by atoms with Gasteiger partial charge in [-0.3, -0.25) is 0 Å². The van der Waals surface area contributed by atoms with Crippen LogP contribution >= 0.6 is 0 Å². The second kappa shape index (κ2) is 3.31. The largest absolute Gasteiger partial charge is 0.478 e. The summed E-state index contributed by atoms with van der Waals surface area (Å²) >= 11 is 0. The Labute approximate surface area is 91.2 Å². The van der Waals surface area contributed by atoms with Crippen molar-refractivity contribution in [1.29, 1.82) is 0 Å². The molecule has 6 nitrogen and oxygen atoms in total. The standard InChI is InChI=1S/C9H8N2O4S/c1-16(14,15)11-8-4-2-3-6(9(12)13)7(8)5-10-11/h2-5H,1H3,(H,12,13). The minimum Gasteiger partial charge on any atom is -0.478 e. The Morgan fingerprint density at radius 1 is 1.44 bits per heavy atom. The zero-order chi connectivity index (χ0) is 11.9. The number of fused-ring (bicyclic) bond motifs is 1. The number of aromatic nitrogens is 2. The number of aromatic carboxylic acids is 1. The molecule has 7 heteroatoms. The molecule has 1 N–H and O–H groups in total. The maximum Gasteiger partial charge on any atom is 0.336 e. The fourth-order valence-electron chi connectivity index (χ4n) is 1.48. The van der Waals surface area contributed by atoms with Gasteiger partial charge in [0.15, 0.2) is 0 Å². The second-order valence-corrected chi connectivity index (χ2v) is 5.11. The van der Waals surface area contributed by atoms with Crippen molar-refractivity contribution < 1.29 is 18.3 Å². The second-order valence-electron chi connectivity index (χ2n) is 3.29. The smallest absolute Gasteiger partial charge is 0.336 e. The summed E-state index contributed by atoms with van der Waals surface area (Å²) in [6.07, 6.45) is 2.24. The highest BCUT2D eigenvalue weighted by molar-refractivity contribution is 7.89. The van der Waals surface area contributed by atoms with Gasteiger partial charge in [0.1, 0.15) is 0 Å². The first-order valence-corrected chi connectivity index (χ1v) is 6.16. The predicted octanol–water partition coefficient (Wildman–Crippen LogP) is 0.542. The summed E-state index contributed by atoms with van der Waals surface area (Å²) in [5.41, 5.74) is 0.301. The molecule has 1 aromatic carbocycles. The van der Waals surface area contributed by atoms with E-state index in [1.54, 1.807) is 0 Å². The first kappa shape index (κ1) is 10.6. The van der Waals surface area contributed by atoms with E-state index in [4.69, 9.17) is 5.11 Å². The first-order valence-electron chi connectivity index (χ1n) is 4.32. The van der Waals surface area contributed by atoms with Gasteiger partial charge >= 0.3 is 5.97 Å². The molecule has 2 aromatic rings. The van der Waals surface area contributed by atoms with Gasteiger partial charge < -0.3 is 5.11 Å². The maximum absolute atomic E-state index is 11.3. The van der Waals surface area contributed by atoms with Crippen molar-refractivity contribution in [2.45, 2.75) is 0 Å². The summed E-state index contributed by atoms with van der Waals surface area (Å²) < 4.78 is 23.5. The fraction of sp³-hybridized carbons (Fsp3) is 0.111. The SMILES string of the molecule is CS(=O)(=O)n1ncc2c(C(=O)O)cccc21. The Morgan fingerprint density at radius 3 is 2.69 bits per heavy atom. The molecule has 0 amide bonds. The number of hydrogen-bond donors (Lipinski definition) is 1. The molecule has 0 aliphatic carbocycles. The molecule has 1 aromatic heterocycles. The zero-order valence-corrected chi connectivity index (χ0v) is 9.10. The summed E-state index contributed by atoms with van der Waals surface area (Å²) in [4.78, 5) is 10.9. The van der Waals surface area contributed by atoms with E-state index in [0.717, 1.165) is 10.3 Å². The highest BCUT2D eigenvalue weighted by Gasteiger charge is 2.15. The number of carboxylic acids is 1. The van der Waals surface area contributed by atoms with Gasteiger partial charge in [-0.05, 0) is 12.1 Å². The maximum atomic E-state index is 11.3. The molecule has 1 heterocycles. The molecule has 0 spiro atoms. The molecule has 0 bridgehead atoms. The monoisotopic (exact) mass is 240 g/mol. The van der Waals surface area contributed by atoms with E-state index in [1.807, 2.05) is 0 Å². The van der Waals surface area contributed by atoms with Crippen LogP contribution in [-0.4, -0.2) is 34.9 Å². The minimum atomic E-state index is -3.52. The molecule has 0 saturated carbocycles. The summed E-state index contributed by atoms with van der Waals surface area (Å²) in [7, 11) is -3.52. The van der Waals surface area contributed by atoms with Crippen molar-refractivity contribution in [3.05, 3.63) is 30.0 Å². The van der Waals surface area contributed by atoms with Crippen LogP contribution in [0.15, 0.2) is 24.4 Å². The molecule has 0 atom stereocenters. The third-order valence-corrected chi connectivity index (χ3v) is 3.04. The lowest BCUT2D eigenvalue weighted by molar-refractivity contribution is 0.0699. The number of nitrogens with zero attached hydrogens (tertiary/aromatic N) is 2. The Balaban J connectivity index is 2.87. The first-order chi connectivity index (χ1) is 7.41. The topological polar surface area (TPSA) is 89.3 Å². The van der Waals surface area contributed by atoms with E-state index in [9.17, 15) is 13.2 Å². The van der Waals surface area contributed by atoms with E-state index in [-0.39, 0.29) is 11.1 Å². The number of carboxylic acid groups (broad SMARTS) is 1. The Morgan fingerprint density at radius 2 is 2.12 bits per heavy atom. The van der Waals surface area contributed by atoms with Crippen LogP contribution < -0.4 is 0 Å². The van der Waals surface area contributed by atoms with E-state index < -0.39 is 16.0 Å². The fourth-order valence-corrected chi connectivity index (χ4v) is 2.21. The lowest BCUT2D eigenvalue weighted by Crippen LogP contribution is -2.11. The van der Waals surface area contributed by atoms with Gasteiger partial charge in [-0.1, -0.05) is 6.07 Å². The molecule has 16 heavy (non-hydrogen) atoms. The molecular formula is C9H8N2O4S. The van der Waals surface area contributed by atoms with Gasteiger partial charge in [-0.2, -0.15) is 9.19 Å². The number of hydrogen-bond acceptors (Lipinski definition) is 4. The van der Waals surface area contributed by atoms with Gasteiger partial charge in [-0.25, -0.2) is 13.2 Å². The van der Waals surface area contributed by atoms with Gasteiger partial charge in [0.05, 0.1) is 23.5 Å². The number of carbonyl (C=O) groups is 1. The molecule has 0 unspecified atom stereocenters. The molecule has 0 aliphatic rings. The van der Waals surface area contributed by atoms with Crippen molar-refractivity contribution >= 4 is 26.9 Å². The summed E-state index contributed by atoms with van der Waals surface area (Å²) in [5, 5.41) is 12.9. The lowest BCUT2D eigenvalue weighted by atomic mass is 10.1. The van der Waals surface area contributed by atoms with Crippen molar-refractivity contribution in [1.82, 2.24) is 9.19 Å². The van der Waals surface area contributed by atoms with Crippen LogP contribution in [-0.2, 0) is 10.0 Å². The minimum absolute atomic E-state index is 0.0346. The van der Waals surface area contributed by atoms with Gasteiger partial charge in [0.2, 0.25) is 0 Å². The summed E-state index contributed by atoms with van der Waals surface area (Å²) in [5.74, 6) is -1.11. The Hall–Kier alpha value is -1.89. The van der Waals surface area contributed by atoms with Crippen LogP contribution in [0, 0.1) is 0 Å². The lowest BCUT2D eigenvalue weighted by Gasteiger charge is -2.00. The van der Waals surface area contributed by atoms with E-state index in [0.29, 0.717) is 5.39 Å². The Bertz CT molecular complexity index is 672. The summed E-state index contributed by atoms with van der Waals surface area (Å²) in [6.45, 7) is 0. The van der Waals surface area contributed by atoms with Crippen LogP contribution in [0.4, 0.5) is 0 Å². The van der Waals surface area contributed by atoms with Gasteiger partial charge in [0, 0.05) is 5.39 Å². The normalized spacial score (nSPS) is 11.8. The van der Waals surface area contributed by atoms with E-state index in [2.05, 4.69) is 5.10 Å². The quantitative estimate of drug-likeness (QED) is 0.827. The molecule has 0 saturated heterocycles. The zero-order valence-electron chi connectivity index (χ0n) is 8.28. The highest BCUT2D eigenvalue weighted by Crippen LogP contribution is 2.19. The summed E-state index contributed by atoms with van der Waals surface area (Å²) in [6, 6.07) is 4.39. The van der Waals surface area contributed by atoms with Crippen molar-refractivity contribution in [2.75, 3.05) is 6.26 Å². The number of benzene rings is 1. The highest BCUT2D eigenvalue weighted by atomic mass is 32.2. The van der Waals surface area contributed by atoms with Crippen molar-refractivity contribution in [3.63, 3.8) is 0 Å². The number of rotatable bonds is 2. The molecule has 84 valence electrons. The molecule has 0 aliphatic heterocycles. The van der Waals surface area contributed by atoms with Crippen molar-refractivity contribution in [3.8, 4) is 0 Å². The van der Waals surface area contributed by atoms with E-state index in [1.165, 1.54) is 24.4 Å². The third-order valence-electron chi connectivity index (χ3n) is 2.13. The average Bonchev–Trinajstić information content (AvgIpc) is 2.59. The van der Waals surface area contributed by atoms with Crippen LogP contribution in [0.5, 0.6) is 0 Å². The molecular weight excluding hydrogens is 232 g/mol. The molecule has 0 fully saturated rings. The van der Waals surface area contributed by atoms with E-state index >= 15 is 0 Å². The van der Waals surface area contributed by atoms with Gasteiger partial charge in [-0.15, -0.1) is 0 Å². The van der Waals surface area contributed by atoms with Gasteiger partial charge in [0.25, 0.3) is 10.0 Å².